The minimum Gasteiger partial charge on any atom is -0.462 e. The highest BCUT2D eigenvalue weighted by atomic mass is 79.9. The standard InChI is InChI=1S/C26H22Br2N2O5S/c1-3-34-25(32)21-19(29)18(13-14-5-9-16(27)10-6-14)20-23(26(33)35-4-2)36-22(24(31)30(20)21)15-7-11-17(28)12-8-15/h5-13,22H,3-4,29H2,1-2H3/b18-13+/t22-/m0/s1. The maximum absolute atomic E-state index is 13.9. The van der Waals surface area contributed by atoms with Gasteiger partial charge in [0.1, 0.15) is 10.2 Å². The Morgan fingerprint density at radius 1 is 0.972 bits per heavy atom. The first-order valence-corrected chi connectivity index (χ1v) is 13.6. The highest BCUT2D eigenvalue weighted by Gasteiger charge is 2.38. The average molecular weight is 634 g/mol. The fraction of sp³-hybridized carbons (Fsp3) is 0.192. The van der Waals surface area contributed by atoms with Crippen molar-refractivity contribution in [3.05, 3.63) is 84.9 Å². The Kier molecular flexibility index (Phi) is 8.07. The average Bonchev–Trinajstić information content (AvgIpc) is 3.14. The Morgan fingerprint density at radius 2 is 1.53 bits per heavy atom. The number of carbonyl (C=O) groups is 3. The van der Waals surface area contributed by atoms with Crippen molar-refractivity contribution in [3.63, 3.8) is 0 Å². The molecule has 1 aliphatic rings. The second kappa shape index (κ2) is 11.1. The summed E-state index contributed by atoms with van der Waals surface area (Å²) in [6, 6.07) is 14.6. The first-order valence-electron chi connectivity index (χ1n) is 11.1. The monoisotopic (exact) mass is 632 g/mol. The number of hydrogen-bond donors (Lipinski definition) is 1. The molecule has 0 spiro atoms. The molecule has 4 rings (SSSR count). The molecule has 3 aromatic rings. The maximum atomic E-state index is 13.9. The lowest BCUT2D eigenvalue weighted by molar-refractivity contribution is -0.135. The quantitative estimate of drug-likeness (QED) is 0.402. The van der Waals surface area contributed by atoms with Gasteiger partial charge in [-0.15, -0.1) is 0 Å². The molecule has 0 saturated carbocycles. The number of fused-ring (bicyclic) bond motifs is 1. The van der Waals surface area contributed by atoms with Gasteiger partial charge in [-0.2, -0.15) is 0 Å². The van der Waals surface area contributed by atoms with Crippen LogP contribution in [0.2, 0.25) is 0 Å². The van der Waals surface area contributed by atoms with Gasteiger partial charge in [-0.3, -0.25) is 9.36 Å². The number of halogens is 2. The number of esters is 2. The van der Waals surface area contributed by atoms with Crippen LogP contribution < -0.4 is 16.3 Å². The number of hydrogen-bond acceptors (Lipinski definition) is 7. The van der Waals surface area contributed by atoms with Crippen molar-refractivity contribution in [3.8, 4) is 0 Å². The summed E-state index contributed by atoms with van der Waals surface area (Å²) in [4.78, 5) is 40.3. The van der Waals surface area contributed by atoms with E-state index in [0.717, 1.165) is 26.3 Å². The maximum Gasteiger partial charge on any atom is 0.357 e. The van der Waals surface area contributed by atoms with E-state index in [0.29, 0.717) is 10.8 Å². The van der Waals surface area contributed by atoms with E-state index in [2.05, 4.69) is 31.9 Å². The summed E-state index contributed by atoms with van der Waals surface area (Å²) in [5.74, 6) is -1.75. The Labute approximate surface area is 228 Å². The molecule has 36 heavy (non-hydrogen) atoms. The van der Waals surface area contributed by atoms with Crippen molar-refractivity contribution in [1.82, 2.24) is 4.57 Å². The molecule has 0 unspecified atom stereocenters. The molecule has 1 aromatic heterocycles. The third-order valence-corrected chi connectivity index (χ3v) is 7.79. The number of carbonyl (C=O) groups excluding carboxylic acids is 3. The highest BCUT2D eigenvalue weighted by molar-refractivity contribution is 9.10. The van der Waals surface area contributed by atoms with Crippen LogP contribution in [0.4, 0.5) is 5.69 Å². The Balaban J connectivity index is 2.08. The summed E-state index contributed by atoms with van der Waals surface area (Å²) in [6.07, 6.45) is 1.74. The van der Waals surface area contributed by atoms with Crippen molar-refractivity contribution < 1.29 is 23.9 Å². The van der Waals surface area contributed by atoms with Crippen molar-refractivity contribution in [2.45, 2.75) is 19.1 Å². The predicted octanol–water partition coefficient (Wildman–Crippen LogP) is 4.40. The summed E-state index contributed by atoms with van der Waals surface area (Å²) in [7, 11) is 0. The first kappa shape index (κ1) is 26.2. The predicted molar refractivity (Wildman–Crippen MR) is 147 cm³/mol. The van der Waals surface area contributed by atoms with Gasteiger partial charge in [0.25, 0.3) is 0 Å². The molecule has 0 aliphatic carbocycles. The molecule has 2 N–H and O–H groups in total. The number of nitrogens with zero attached hydrogens (tertiary/aromatic N) is 1. The lowest BCUT2D eigenvalue weighted by Gasteiger charge is -2.23. The van der Waals surface area contributed by atoms with Crippen LogP contribution in [0.25, 0.3) is 11.0 Å². The molecule has 2 aromatic carbocycles. The topological polar surface area (TPSA) is 101 Å². The molecule has 7 nitrogen and oxygen atoms in total. The first-order chi connectivity index (χ1) is 17.3. The van der Waals surface area contributed by atoms with Crippen LogP contribution >= 0.6 is 43.6 Å². The second-order valence-electron chi connectivity index (χ2n) is 7.71. The van der Waals surface area contributed by atoms with E-state index in [1.807, 2.05) is 36.4 Å². The number of aromatic nitrogens is 1. The van der Waals surface area contributed by atoms with E-state index in [-0.39, 0.29) is 34.8 Å². The minimum atomic E-state index is -0.800. The molecule has 0 bridgehead atoms. The van der Waals surface area contributed by atoms with E-state index in [4.69, 9.17) is 15.2 Å². The third kappa shape index (κ3) is 5.02. The summed E-state index contributed by atoms with van der Waals surface area (Å²) in [6.45, 7) is 3.61. The largest absolute Gasteiger partial charge is 0.462 e. The van der Waals surface area contributed by atoms with E-state index in [1.165, 1.54) is 4.57 Å². The number of nitrogen functional groups attached to an aromatic ring is 1. The van der Waals surface area contributed by atoms with Gasteiger partial charge < -0.3 is 15.2 Å². The van der Waals surface area contributed by atoms with Gasteiger partial charge in [0.05, 0.1) is 24.3 Å². The number of ether oxygens (including phenoxy) is 2. The zero-order chi connectivity index (χ0) is 26.0. The van der Waals surface area contributed by atoms with Crippen LogP contribution in [0, 0.1) is 0 Å². The summed E-state index contributed by atoms with van der Waals surface area (Å²) < 4.78 is 13.6. The normalized spacial score (nSPS) is 15.6. The zero-order valence-electron chi connectivity index (χ0n) is 19.4. The van der Waals surface area contributed by atoms with Gasteiger partial charge >= 0.3 is 11.9 Å². The van der Waals surface area contributed by atoms with E-state index in [9.17, 15) is 14.4 Å². The van der Waals surface area contributed by atoms with Gasteiger partial charge in [-0.1, -0.05) is 67.9 Å². The summed E-state index contributed by atoms with van der Waals surface area (Å²) in [5.41, 5.74) is 7.88. The lowest BCUT2D eigenvalue weighted by atomic mass is 10.1. The number of anilines is 1. The molecular formula is C26H22Br2N2O5S. The van der Waals surface area contributed by atoms with E-state index < -0.39 is 23.1 Å². The number of thioether (sulfide) groups is 1. The molecule has 10 heteroatoms. The van der Waals surface area contributed by atoms with E-state index >= 15 is 0 Å². The number of nitrogens with two attached hydrogens (primary N) is 1. The molecule has 0 radical (unpaired) electrons. The zero-order valence-corrected chi connectivity index (χ0v) is 23.4. The molecule has 0 amide bonds. The number of rotatable bonds is 6. The van der Waals surface area contributed by atoms with Crippen molar-refractivity contribution in [1.29, 1.82) is 0 Å². The SMILES string of the molecule is CCOC(=O)C1=c2/c(=C/c3ccc(Br)cc3)c(N)c(C(=O)OCC)n2C(=O)[C@H](c2ccc(Br)cc2)S1. The van der Waals surface area contributed by atoms with Crippen molar-refractivity contribution in [2.75, 3.05) is 18.9 Å². The molecule has 1 atom stereocenters. The van der Waals surface area contributed by atoms with Crippen LogP contribution in [0.15, 0.2) is 57.5 Å². The molecular weight excluding hydrogens is 612 g/mol. The molecule has 186 valence electrons. The van der Waals surface area contributed by atoms with Crippen molar-refractivity contribution in [2.24, 2.45) is 0 Å². The van der Waals surface area contributed by atoms with Crippen LogP contribution in [0.3, 0.4) is 0 Å². The van der Waals surface area contributed by atoms with Crippen LogP contribution in [-0.4, -0.2) is 35.6 Å². The van der Waals surface area contributed by atoms with Gasteiger partial charge in [-0.25, -0.2) is 9.59 Å². The number of benzene rings is 2. The summed E-state index contributed by atoms with van der Waals surface area (Å²) >= 11 is 7.90. The Morgan fingerprint density at radius 3 is 2.11 bits per heavy atom. The van der Waals surface area contributed by atoms with Gasteiger partial charge in [0, 0.05) is 14.2 Å². The molecule has 2 heterocycles. The van der Waals surface area contributed by atoms with E-state index in [1.54, 1.807) is 32.1 Å². The molecule has 0 saturated heterocycles. The van der Waals surface area contributed by atoms with Crippen molar-refractivity contribution >= 4 is 78.1 Å². The lowest BCUT2D eigenvalue weighted by Crippen LogP contribution is -2.42. The Hall–Kier alpha value is -2.82. The minimum absolute atomic E-state index is 0.0542. The van der Waals surface area contributed by atoms with Gasteiger partial charge in [0.2, 0.25) is 5.91 Å². The molecule has 1 aliphatic heterocycles. The van der Waals surface area contributed by atoms with Gasteiger partial charge in [-0.05, 0) is 55.3 Å². The fourth-order valence-corrected chi connectivity index (χ4v) is 5.59. The highest BCUT2D eigenvalue weighted by Crippen LogP contribution is 2.40. The van der Waals surface area contributed by atoms with Gasteiger partial charge in [0.15, 0.2) is 5.69 Å². The van der Waals surface area contributed by atoms with Crippen LogP contribution in [-0.2, 0) is 14.3 Å². The molecule has 0 fully saturated rings. The Bertz CT molecular complexity index is 1460. The fourth-order valence-electron chi connectivity index (χ4n) is 3.86. The van der Waals surface area contributed by atoms with Crippen LogP contribution in [0.1, 0.15) is 45.5 Å². The smallest absolute Gasteiger partial charge is 0.357 e. The van der Waals surface area contributed by atoms with Crippen LogP contribution in [0.5, 0.6) is 0 Å². The summed E-state index contributed by atoms with van der Waals surface area (Å²) in [5, 5.41) is -0.204. The second-order valence-corrected chi connectivity index (χ2v) is 10.7. The third-order valence-electron chi connectivity index (χ3n) is 5.43.